The molecule has 1 fully saturated rings. The Kier molecular flexibility index (Phi) is 5.90. The average Bonchev–Trinajstić information content (AvgIpc) is 3.32. The monoisotopic (exact) mass is 421 g/mol. The predicted molar refractivity (Wildman–Crippen MR) is 122 cm³/mol. The Morgan fingerprint density at radius 2 is 1.77 bits per heavy atom. The molecule has 31 heavy (non-hydrogen) atoms. The molecule has 0 N–H and O–H groups in total. The second-order valence-electron chi connectivity index (χ2n) is 9.06. The molecule has 3 aromatic rings. The lowest BCUT2D eigenvalue weighted by molar-refractivity contribution is -0.131. The molecular formula is C25H31N3O3. The summed E-state index contributed by atoms with van der Waals surface area (Å²) in [7, 11) is 1.65. The fraction of sp³-hybridized carbons (Fsp3) is 0.440. The van der Waals surface area contributed by atoms with Crippen molar-refractivity contribution < 1.29 is 14.3 Å². The van der Waals surface area contributed by atoms with E-state index in [0.717, 1.165) is 41.3 Å². The molecule has 0 spiro atoms. The molecular weight excluding hydrogens is 390 g/mol. The number of ether oxygens (including phenoxy) is 2. The minimum Gasteiger partial charge on any atom is -0.497 e. The van der Waals surface area contributed by atoms with Crippen LogP contribution in [0.1, 0.15) is 45.4 Å². The largest absolute Gasteiger partial charge is 0.497 e. The van der Waals surface area contributed by atoms with Crippen LogP contribution in [0.25, 0.3) is 11.0 Å². The van der Waals surface area contributed by atoms with Gasteiger partial charge < -0.3 is 18.9 Å². The van der Waals surface area contributed by atoms with Crippen LogP contribution in [0.3, 0.4) is 0 Å². The van der Waals surface area contributed by atoms with Gasteiger partial charge in [-0.15, -0.1) is 0 Å². The molecule has 2 aromatic carbocycles. The van der Waals surface area contributed by atoms with E-state index in [-0.39, 0.29) is 17.4 Å². The molecule has 0 aliphatic carbocycles. The maximum absolute atomic E-state index is 12.7. The number of nitrogens with zero attached hydrogens (tertiary/aromatic N) is 3. The van der Waals surface area contributed by atoms with Crippen molar-refractivity contribution in [2.24, 2.45) is 0 Å². The van der Waals surface area contributed by atoms with Crippen molar-refractivity contribution in [1.82, 2.24) is 14.5 Å². The quantitative estimate of drug-likeness (QED) is 0.522. The van der Waals surface area contributed by atoms with Crippen LogP contribution in [0.2, 0.25) is 0 Å². The van der Waals surface area contributed by atoms with Crippen molar-refractivity contribution in [2.75, 3.05) is 20.3 Å². The Bertz CT molecular complexity index is 1050. The Morgan fingerprint density at radius 3 is 2.45 bits per heavy atom. The van der Waals surface area contributed by atoms with E-state index >= 15 is 0 Å². The number of aromatic nitrogens is 2. The van der Waals surface area contributed by atoms with Gasteiger partial charge in [-0.1, -0.05) is 12.1 Å². The number of amides is 1. The summed E-state index contributed by atoms with van der Waals surface area (Å²) in [5, 5.41) is 0. The Morgan fingerprint density at radius 1 is 1.06 bits per heavy atom. The van der Waals surface area contributed by atoms with Crippen molar-refractivity contribution in [3.05, 3.63) is 54.4 Å². The topological polar surface area (TPSA) is 56.6 Å². The molecule has 0 bridgehead atoms. The second-order valence-corrected chi connectivity index (χ2v) is 9.06. The summed E-state index contributed by atoms with van der Waals surface area (Å²) in [4.78, 5) is 19.6. The zero-order valence-electron chi connectivity index (χ0n) is 18.8. The van der Waals surface area contributed by atoms with E-state index in [1.54, 1.807) is 7.11 Å². The van der Waals surface area contributed by atoms with Crippen molar-refractivity contribution in [3.8, 4) is 11.5 Å². The number of para-hydroxylation sites is 2. The Balaban J connectivity index is 1.48. The van der Waals surface area contributed by atoms with Gasteiger partial charge >= 0.3 is 0 Å². The number of carbonyl (C=O) groups is 1. The van der Waals surface area contributed by atoms with Gasteiger partial charge in [-0.25, -0.2) is 4.98 Å². The van der Waals surface area contributed by atoms with E-state index in [2.05, 4.69) is 31.4 Å². The van der Waals surface area contributed by atoms with Crippen LogP contribution in [0, 0.1) is 0 Å². The molecule has 1 saturated heterocycles. The summed E-state index contributed by atoms with van der Waals surface area (Å²) in [5.74, 6) is 2.97. The van der Waals surface area contributed by atoms with Crippen LogP contribution < -0.4 is 9.47 Å². The first-order chi connectivity index (χ1) is 14.9. The highest BCUT2D eigenvalue weighted by Crippen LogP contribution is 2.34. The fourth-order valence-electron chi connectivity index (χ4n) is 4.25. The minimum atomic E-state index is -0.172. The van der Waals surface area contributed by atoms with E-state index in [1.807, 2.05) is 47.4 Å². The van der Waals surface area contributed by atoms with Gasteiger partial charge in [0.15, 0.2) is 0 Å². The van der Waals surface area contributed by atoms with Crippen LogP contribution in [0.15, 0.2) is 48.5 Å². The smallest absolute Gasteiger partial charge is 0.223 e. The summed E-state index contributed by atoms with van der Waals surface area (Å²) in [5.41, 5.74) is 1.92. The van der Waals surface area contributed by atoms with E-state index < -0.39 is 0 Å². The molecule has 4 rings (SSSR count). The van der Waals surface area contributed by atoms with Crippen molar-refractivity contribution >= 4 is 16.9 Å². The highest BCUT2D eigenvalue weighted by atomic mass is 16.5. The standard InChI is InChI=1S/C25H31N3O3/c1-25(2,3)28-17-18(16-23(28)29)24-26-21-8-5-6-9-22(21)27(24)14-7-15-31-20-12-10-19(30-4)11-13-20/h5-6,8-13,18H,7,14-17H2,1-4H3/t18-/m1/s1. The van der Waals surface area contributed by atoms with Crippen molar-refractivity contribution in [2.45, 2.75) is 51.6 Å². The van der Waals surface area contributed by atoms with Gasteiger partial charge in [0.1, 0.15) is 17.3 Å². The maximum Gasteiger partial charge on any atom is 0.223 e. The van der Waals surface area contributed by atoms with Gasteiger partial charge in [0, 0.05) is 31.0 Å². The molecule has 0 unspecified atom stereocenters. The van der Waals surface area contributed by atoms with Gasteiger partial charge in [0.25, 0.3) is 0 Å². The van der Waals surface area contributed by atoms with E-state index in [9.17, 15) is 4.79 Å². The minimum absolute atomic E-state index is 0.113. The third kappa shape index (κ3) is 4.53. The maximum atomic E-state index is 12.7. The van der Waals surface area contributed by atoms with Crippen molar-refractivity contribution in [1.29, 1.82) is 0 Å². The molecule has 0 saturated carbocycles. The lowest BCUT2D eigenvalue weighted by Gasteiger charge is -2.32. The molecule has 2 heterocycles. The number of carbonyl (C=O) groups excluding carboxylic acids is 1. The average molecular weight is 422 g/mol. The predicted octanol–water partition coefficient (Wildman–Crippen LogP) is 4.63. The normalized spacial score (nSPS) is 16.8. The molecule has 1 atom stereocenters. The van der Waals surface area contributed by atoms with Gasteiger partial charge in [-0.3, -0.25) is 4.79 Å². The van der Waals surface area contributed by atoms with E-state index in [1.165, 1.54) is 0 Å². The summed E-state index contributed by atoms with van der Waals surface area (Å²) >= 11 is 0. The van der Waals surface area contributed by atoms with Crippen molar-refractivity contribution in [3.63, 3.8) is 0 Å². The third-order valence-electron chi connectivity index (χ3n) is 5.84. The lowest BCUT2D eigenvalue weighted by Crippen LogP contribution is -2.42. The first-order valence-electron chi connectivity index (χ1n) is 10.9. The summed E-state index contributed by atoms with van der Waals surface area (Å²) < 4.78 is 13.4. The number of hydrogen-bond acceptors (Lipinski definition) is 4. The number of methoxy groups -OCH3 is 1. The molecule has 1 aromatic heterocycles. The molecule has 0 radical (unpaired) electrons. The number of fused-ring (bicyclic) bond motifs is 1. The van der Waals surface area contributed by atoms with Crippen LogP contribution in [-0.2, 0) is 11.3 Å². The molecule has 1 amide bonds. The first kappa shape index (κ1) is 21.2. The molecule has 6 nitrogen and oxygen atoms in total. The highest BCUT2D eigenvalue weighted by molar-refractivity contribution is 5.81. The number of hydrogen-bond donors (Lipinski definition) is 0. The van der Waals surface area contributed by atoms with Crippen LogP contribution >= 0.6 is 0 Å². The molecule has 1 aliphatic heterocycles. The lowest BCUT2D eigenvalue weighted by atomic mass is 10.1. The Hall–Kier alpha value is -3.02. The summed E-state index contributed by atoms with van der Waals surface area (Å²) in [6.45, 7) is 8.39. The summed E-state index contributed by atoms with van der Waals surface area (Å²) in [6.07, 6.45) is 1.37. The zero-order valence-corrected chi connectivity index (χ0v) is 18.8. The van der Waals surface area contributed by atoms with Crippen LogP contribution in [-0.4, -0.2) is 46.2 Å². The number of benzene rings is 2. The van der Waals surface area contributed by atoms with Gasteiger partial charge in [-0.05, 0) is 63.6 Å². The van der Waals surface area contributed by atoms with Gasteiger partial charge in [-0.2, -0.15) is 0 Å². The van der Waals surface area contributed by atoms with E-state index in [0.29, 0.717) is 19.6 Å². The number of rotatable bonds is 7. The van der Waals surface area contributed by atoms with E-state index in [4.69, 9.17) is 14.5 Å². The fourth-order valence-corrected chi connectivity index (χ4v) is 4.25. The van der Waals surface area contributed by atoms with Crippen LogP contribution in [0.4, 0.5) is 0 Å². The van der Waals surface area contributed by atoms with Crippen LogP contribution in [0.5, 0.6) is 11.5 Å². The third-order valence-corrected chi connectivity index (χ3v) is 5.84. The number of likely N-dealkylation sites (tertiary alicyclic amines) is 1. The number of aryl methyl sites for hydroxylation is 1. The van der Waals surface area contributed by atoms with Gasteiger partial charge in [0.2, 0.25) is 5.91 Å². The van der Waals surface area contributed by atoms with Gasteiger partial charge in [0.05, 0.1) is 24.8 Å². The first-order valence-corrected chi connectivity index (χ1v) is 10.9. The summed E-state index contributed by atoms with van der Waals surface area (Å²) in [6, 6.07) is 15.8. The Labute approximate surface area is 183 Å². The second kappa shape index (κ2) is 8.61. The molecule has 164 valence electrons. The number of imidazole rings is 1. The zero-order chi connectivity index (χ0) is 22.0. The SMILES string of the molecule is COc1ccc(OCCCn2c([C@@H]3CC(=O)N(C(C)(C)C)C3)nc3ccccc32)cc1. The molecule has 6 heteroatoms. The molecule has 1 aliphatic rings. The highest BCUT2D eigenvalue weighted by Gasteiger charge is 2.38.